The number of rotatable bonds is 34. The third-order valence-corrected chi connectivity index (χ3v) is 8.92. The van der Waals surface area contributed by atoms with E-state index in [2.05, 4.69) is 50.3 Å². The SMILES string of the molecule is CC/C=C/C/C=C/C/C=C/CCCCCCCC(=O)OC[C@@H](COP(=O)(O)OCC[N+](C)(C)C)OC(=O)CCCCCCCCCCCC. The highest BCUT2D eigenvalue weighted by atomic mass is 31.2. The first-order valence-electron chi connectivity index (χ1n) is 19.2. The number of hydrogen-bond acceptors (Lipinski definition) is 7. The molecule has 0 heterocycles. The minimum atomic E-state index is -4.37. The molecule has 0 aromatic heterocycles. The van der Waals surface area contributed by atoms with Gasteiger partial charge in [0.15, 0.2) is 6.10 Å². The minimum absolute atomic E-state index is 0.0290. The van der Waals surface area contributed by atoms with Crippen molar-refractivity contribution in [3.05, 3.63) is 36.5 Å². The van der Waals surface area contributed by atoms with Gasteiger partial charge in [-0.3, -0.25) is 18.6 Å². The summed E-state index contributed by atoms with van der Waals surface area (Å²) in [5.41, 5.74) is 0. The number of likely N-dealkylation sites (N-methyl/N-ethyl adjacent to an activating group) is 1. The third kappa shape index (κ3) is 35.8. The maximum atomic E-state index is 12.6. The molecule has 0 fully saturated rings. The number of carbonyl (C=O) groups is 2. The van der Waals surface area contributed by atoms with Crippen LogP contribution >= 0.6 is 7.82 Å². The van der Waals surface area contributed by atoms with Crippen molar-refractivity contribution in [2.45, 2.75) is 155 Å². The van der Waals surface area contributed by atoms with Crippen LogP contribution in [0.1, 0.15) is 149 Å². The minimum Gasteiger partial charge on any atom is -0.462 e. The Kier molecular flexibility index (Phi) is 31.0. The normalized spacial score (nSPS) is 14.2. The van der Waals surface area contributed by atoms with E-state index in [4.69, 9.17) is 18.5 Å². The van der Waals surface area contributed by atoms with Crippen molar-refractivity contribution >= 4 is 19.8 Å². The highest BCUT2D eigenvalue weighted by molar-refractivity contribution is 7.47. The number of phosphoric acid groups is 1. The van der Waals surface area contributed by atoms with Gasteiger partial charge >= 0.3 is 19.8 Å². The lowest BCUT2D eigenvalue weighted by molar-refractivity contribution is -0.870. The molecule has 0 bridgehead atoms. The largest absolute Gasteiger partial charge is 0.472 e. The first kappa shape index (κ1) is 47.2. The van der Waals surface area contributed by atoms with Crippen LogP contribution in [-0.4, -0.2) is 74.9 Å². The predicted octanol–water partition coefficient (Wildman–Crippen LogP) is 10.2. The molecule has 0 amide bonds. The van der Waals surface area contributed by atoms with Crippen molar-refractivity contribution in [3.8, 4) is 0 Å². The number of hydrogen-bond donors (Lipinski definition) is 1. The van der Waals surface area contributed by atoms with Crippen LogP contribution < -0.4 is 0 Å². The van der Waals surface area contributed by atoms with Gasteiger partial charge in [-0.1, -0.05) is 127 Å². The van der Waals surface area contributed by atoms with Gasteiger partial charge in [0.2, 0.25) is 0 Å². The van der Waals surface area contributed by atoms with Crippen molar-refractivity contribution in [1.82, 2.24) is 0 Å². The van der Waals surface area contributed by atoms with Crippen molar-refractivity contribution in [2.75, 3.05) is 47.5 Å². The van der Waals surface area contributed by atoms with Gasteiger partial charge in [0, 0.05) is 12.8 Å². The lowest BCUT2D eigenvalue weighted by Gasteiger charge is -2.24. The summed E-state index contributed by atoms with van der Waals surface area (Å²) in [5.74, 6) is -0.822. The summed E-state index contributed by atoms with van der Waals surface area (Å²) in [6, 6.07) is 0. The molecule has 0 saturated heterocycles. The van der Waals surface area contributed by atoms with E-state index < -0.39 is 26.5 Å². The molecule has 0 rings (SSSR count). The average molecular weight is 715 g/mol. The molecule has 0 saturated carbocycles. The molecular formula is C39H73NO8P+. The van der Waals surface area contributed by atoms with E-state index in [0.29, 0.717) is 17.4 Å². The first-order valence-corrected chi connectivity index (χ1v) is 20.7. The molecule has 0 radical (unpaired) electrons. The molecule has 2 atom stereocenters. The Morgan fingerprint density at radius 2 is 1.16 bits per heavy atom. The second kappa shape index (κ2) is 32.2. The fourth-order valence-corrected chi connectivity index (χ4v) is 5.65. The zero-order chi connectivity index (χ0) is 36.5. The highest BCUT2D eigenvalue weighted by Crippen LogP contribution is 2.43. The number of esters is 2. The van der Waals surface area contributed by atoms with E-state index in [1.165, 1.54) is 44.9 Å². The summed E-state index contributed by atoms with van der Waals surface area (Å²) in [6.45, 7) is 4.25. The van der Waals surface area contributed by atoms with Crippen molar-refractivity contribution in [3.63, 3.8) is 0 Å². The maximum Gasteiger partial charge on any atom is 0.472 e. The van der Waals surface area contributed by atoms with Crippen molar-refractivity contribution in [2.24, 2.45) is 0 Å². The number of allylic oxidation sites excluding steroid dienone is 6. The van der Waals surface area contributed by atoms with Crippen LogP contribution in [0.2, 0.25) is 0 Å². The quantitative estimate of drug-likeness (QED) is 0.0231. The van der Waals surface area contributed by atoms with Crippen LogP contribution in [0.3, 0.4) is 0 Å². The summed E-state index contributed by atoms with van der Waals surface area (Å²) in [5, 5.41) is 0. The lowest BCUT2D eigenvalue weighted by Crippen LogP contribution is -2.37. The second-order valence-corrected chi connectivity index (χ2v) is 15.4. The van der Waals surface area contributed by atoms with Gasteiger partial charge in [-0.2, -0.15) is 0 Å². The molecule has 1 N–H and O–H groups in total. The molecule has 0 aromatic carbocycles. The standard InChI is InChI=1S/C39H72NO8P/c1-6-8-10-12-14-16-18-19-20-21-22-24-25-27-29-31-38(41)45-35-37(36-47-49(43,44)46-34-33-40(3,4)5)48-39(42)32-30-28-26-23-17-15-13-11-9-7-2/h8,10,14,16,19-20,37H,6-7,9,11-13,15,17-18,21-36H2,1-5H3/p+1/b10-8+,16-14+,20-19+/t37-/m0/s1. The number of quaternary nitrogens is 1. The molecule has 1 unspecified atom stereocenters. The summed E-state index contributed by atoms with van der Waals surface area (Å²) in [6.07, 6.45) is 33.3. The Balaban J connectivity index is 4.44. The Hall–Kier alpha value is -1.77. The molecule has 0 aliphatic rings. The van der Waals surface area contributed by atoms with Crippen molar-refractivity contribution < 1.29 is 42.1 Å². The summed E-state index contributed by atoms with van der Waals surface area (Å²) < 4.78 is 34.1. The highest BCUT2D eigenvalue weighted by Gasteiger charge is 2.27. The molecule has 286 valence electrons. The van der Waals surface area contributed by atoms with Crippen LogP contribution in [0.25, 0.3) is 0 Å². The number of nitrogens with zero attached hydrogens (tertiary/aromatic N) is 1. The maximum absolute atomic E-state index is 12.6. The van der Waals surface area contributed by atoms with Gasteiger partial charge in [-0.15, -0.1) is 0 Å². The predicted molar refractivity (Wildman–Crippen MR) is 201 cm³/mol. The van der Waals surface area contributed by atoms with E-state index in [0.717, 1.165) is 70.6 Å². The molecule has 9 nitrogen and oxygen atoms in total. The van der Waals surface area contributed by atoms with Crippen LogP contribution in [0.5, 0.6) is 0 Å². The monoisotopic (exact) mass is 715 g/mol. The van der Waals surface area contributed by atoms with Gasteiger partial charge in [-0.05, 0) is 44.9 Å². The Bertz CT molecular complexity index is 944. The van der Waals surface area contributed by atoms with Gasteiger partial charge < -0.3 is 18.9 Å². The molecule has 49 heavy (non-hydrogen) atoms. The molecule has 0 aromatic rings. The fraction of sp³-hybridized carbons (Fsp3) is 0.795. The number of ether oxygens (including phenoxy) is 2. The number of unbranched alkanes of at least 4 members (excludes halogenated alkanes) is 14. The zero-order valence-electron chi connectivity index (χ0n) is 31.9. The van der Waals surface area contributed by atoms with Crippen LogP contribution in [0.15, 0.2) is 36.5 Å². The fourth-order valence-electron chi connectivity index (χ4n) is 4.91. The third-order valence-electron chi connectivity index (χ3n) is 7.93. The van der Waals surface area contributed by atoms with Gasteiger partial charge in [0.05, 0.1) is 27.7 Å². The molecule has 10 heteroatoms. The van der Waals surface area contributed by atoms with E-state index in [1.807, 2.05) is 21.1 Å². The van der Waals surface area contributed by atoms with Crippen LogP contribution in [0.4, 0.5) is 0 Å². The van der Waals surface area contributed by atoms with Crippen LogP contribution in [0, 0.1) is 0 Å². The van der Waals surface area contributed by atoms with E-state index in [9.17, 15) is 19.0 Å². The molecular weight excluding hydrogens is 641 g/mol. The topological polar surface area (TPSA) is 108 Å². The van der Waals surface area contributed by atoms with Gasteiger partial charge in [-0.25, -0.2) is 4.57 Å². The average Bonchev–Trinajstić information content (AvgIpc) is 3.04. The van der Waals surface area contributed by atoms with E-state index >= 15 is 0 Å². The first-order chi connectivity index (χ1) is 23.5. The van der Waals surface area contributed by atoms with E-state index in [-0.39, 0.29) is 32.0 Å². The Labute approximate surface area is 300 Å². The zero-order valence-corrected chi connectivity index (χ0v) is 32.8. The summed E-state index contributed by atoms with van der Waals surface area (Å²) in [7, 11) is 1.46. The smallest absolute Gasteiger partial charge is 0.462 e. The van der Waals surface area contributed by atoms with E-state index in [1.54, 1.807) is 0 Å². The molecule has 0 aliphatic carbocycles. The second-order valence-electron chi connectivity index (χ2n) is 13.9. The van der Waals surface area contributed by atoms with Gasteiger partial charge in [0.25, 0.3) is 0 Å². The summed E-state index contributed by atoms with van der Waals surface area (Å²) >= 11 is 0. The summed E-state index contributed by atoms with van der Waals surface area (Å²) in [4.78, 5) is 35.1. The van der Waals surface area contributed by atoms with Crippen molar-refractivity contribution in [1.29, 1.82) is 0 Å². The molecule has 0 spiro atoms. The lowest BCUT2D eigenvalue weighted by atomic mass is 10.1. The van der Waals surface area contributed by atoms with Gasteiger partial charge in [0.1, 0.15) is 19.8 Å². The number of carbonyl (C=O) groups excluding carboxylic acids is 2. The number of phosphoric ester groups is 1. The molecule has 0 aliphatic heterocycles. The Morgan fingerprint density at radius 1 is 0.653 bits per heavy atom. The Morgan fingerprint density at radius 3 is 1.73 bits per heavy atom. The van der Waals surface area contributed by atoms with Crippen LogP contribution in [-0.2, 0) is 32.7 Å².